The molecule has 0 bridgehead atoms. The lowest BCUT2D eigenvalue weighted by Crippen LogP contribution is -2.16. The number of nitrogens with one attached hydrogen (secondary N) is 1. The Kier molecular flexibility index (Phi) is 3.53. The molecule has 2 atom stereocenters. The van der Waals surface area contributed by atoms with E-state index in [0.717, 1.165) is 22.9 Å². The van der Waals surface area contributed by atoms with Crippen LogP contribution in [0.4, 0.5) is 5.69 Å². The molecule has 0 saturated heterocycles. The van der Waals surface area contributed by atoms with Crippen molar-refractivity contribution in [3.8, 4) is 0 Å². The molecule has 0 radical (unpaired) electrons. The third kappa shape index (κ3) is 2.84. The Balaban J connectivity index is 1.69. The summed E-state index contributed by atoms with van der Waals surface area (Å²) < 4.78 is 0. The van der Waals surface area contributed by atoms with Gasteiger partial charge in [-0.05, 0) is 60.9 Å². The van der Waals surface area contributed by atoms with Crippen molar-refractivity contribution in [2.45, 2.75) is 26.2 Å². The van der Waals surface area contributed by atoms with Gasteiger partial charge in [-0.25, -0.2) is 4.79 Å². The molecule has 2 aliphatic carbocycles. The van der Waals surface area contributed by atoms with E-state index in [4.69, 9.17) is 5.11 Å². The maximum atomic E-state index is 12.2. The topological polar surface area (TPSA) is 66.4 Å². The summed E-state index contributed by atoms with van der Waals surface area (Å²) in [6.45, 7) is 1.92. The van der Waals surface area contributed by atoms with Crippen molar-refractivity contribution in [3.05, 3.63) is 35.4 Å². The number of benzene rings is 1. The highest BCUT2D eigenvalue weighted by Gasteiger charge is 2.56. The Morgan fingerprint density at radius 3 is 2.67 bits per heavy atom. The molecule has 1 amide bonds. The number of anilines is 1. The largest absolute Gasteiger partial charge is 0.478 e. The smallest absolute Gasteiger partial charge is 0.328 e. The Morgan fingerprint density at radius 2 is 2.00 bits per heavy atom. The number of aliphatic carboxylic acids is 1. The molecule has 110 valence electrons. The molecule has 0 aromatic heterocycles. The number of fused-ring (bicyclic) bond motifs is 1. The van der Waals surface area contributed by atoms with E-state index in [0.29, 0.717) is 11.8 Å². The van der Waals surface area contributed by atoms with Crippen LogP contribution in [0, 0.1) is 24.7 Å². The lowest BCUT2D eigenvalue weighted by atomic mass is 10.1. The molecule has 1 aromatic carbocycles. The van der Waals surface area contributed by atoms with Gasteiger partial charge < -0.3 is 10.4 Å². The highest BCUT2D eigenvalue weighted by Crippen LogP contribution is 2.57. The van der Waals surface area contributed by atoms with Crippen LogP contribution in [0.25, 0.3) is 6.08 Å². The van der Waals surface area contributed by atoms with E-state index in [2.05, 4.69) is 5.32 Å². The first-order chi connectivity index (χ1) is 10.1. The molecular formula is C17H19NO3. The van der Waals surface area contributed by atoms with Crippen molar-refractivity contribution in [2.24, 2.45) is 17.8 Å². The van der Waals surface area contributed by atoms with E-state index in [-0.39, 0.29) is 11.8 Å². The molecule has 1 aromatic rings. The minimum absolute atomic E-state index is 0.113. The number of carboxylic acid groups (broad SMARTS) is 1. The fourth-order valence-electron chi connectivity index (χ4n) is 3.49. The number of rotatable bonds is 4. The van der Waals surface area contributed by atoms with Crippen molar-refractivity contribution in [1.82, 2.24) is 0 Å². The van der Waals surface area contributed by atoms with Crippen molar-refractivity contribution in [2.75, 3.05) is 5.32 Å². The lowest BCUT2D eigenvalue weighted by Gasteiger charge is -2.09. The fraction of sp³-hybridized carbons (Fsp3) is 0.412. The average Bonchev–Trinajstić information content (AvgIpc) is 2.93. The summed E-state index contributed by atoms with van der Waals surface area (Å²) in [6, 6.07) is 5.58. The van der Waals surface area contributed by atoms with Crippen LogP contribution < -0.4 is 5.32 Å². The molecular weight excluding hydrogens is 266 g/mol. The lowest BCUT2D eigenvalue weighted by molar-refractivity contribution is -0.131. The van der Waals surface area contributed by atoms with Gasteiger partial charge in [0.05, 0.1) is 0 Å². The minimum Gasteiger partial charge on any atom is -0.478 e. The normalized spacial score (nSPS) is 26.6. The van der Waals surface area contributed by atoms with Gasteiger partial charge in [0, 0.05) is 17.7 Å². The van der Waals surface area contributed by atoms with Gasteiger partial charge in [-0.1, -0.05) is 12.5 Å². The standard InChI is InChI=1S/C17H19NO3/c1-10-5-7-12(9-11(10)6-8-15(19)20)18-17(21)16-13-3-2-4-14(13)16/h5-9,13-14,16H,2-4H2,1H3,(H,18,21)(H,19,20)/b8-6+. The molecule has 2 unspecified atom stereocenters. The third-order valence-corrected chi connectivity index (χ3v) is 4.66. The number of carboxylic acids is 1. The predicted molar refractivity (Wildman–Crippen MR) is 80.8 cm³/mol. The van der Waals surface area contributed by atoms with Crippen molar-refractivity contribution in [3.63, 3.8) is 0 Å². The van der Waals surface area contributed by atoms with Gasteiger partial charge in [0.15, 0.2) is 0 Å². The van der Waals surface area contributed by atoms with Crippen LogP contribution in [0.15, 0.2) is 24.3 Å². The number of aryl methyl sites for hydroxylation is 1. The molecule has 0 spiro atoms. The third-order valence-electron chi connectivity index (χ3n) is 4.66. The van der Waals surface area contributed by atoms with Crippen molar-refractivity contribution < 1.29 is 14.7 Å². The summed E-state index contributed by atoms with van der Waals surface area (Å²) in [5, 5.41) is 11.7. The summed E-state index contributed by atoms with van der Waals surface area (Å²) in [6.07, 6.45) is 6.29. The Morgan fingerprint density at radius 1 is 1.29 bits per heavy atom. The first-order valence-electron chi connectivity index (χ1n) is 7.39. The fourth-order valence-corrected chi connectivity index (χ4v) is 3.49. The summed E-state index contributed by atoms with van der Waals surface area (Å²) in [7, 11) is 0. The van der Waals surface area contributed by atoms with Gasteiger partial charge in [-0.3, -0.25) is 4.79 Å². The first kappa shape index (κ1) is 13.9. The molecule has 4 heteroatoms. The molecule has 0 heterocycles. The maximum absolute atomic E-state index is 12.2. The van der Waals surface area contributed by atoms with Crippen LogP contribution in [0.5, 0.6) is 0 Å². The quantitative estimate of drug-likeness (QED) is 0.835. The second-order valence-electron chi connectivity index (χ2n) is 6.02. The van der Waals surface area contributed by atoms with E-state index in [1.807, 2.05) is 25.1 Å². The monoisotopic (exact) mass is 285 g/mol. The number of hydrogen-bond acceptors (Lipinski definition) is 2. The number of hydrogen-bond donors (Lipinski definition) is 2. The summed E-state index contributed by atoms with van der Waals surface area (Å²) in [4.78, 5) is 22.8. The number of amides is 1. The van der Waals surface area contributed by atoms with Gasteiger partial charge in [0.2, 0.25) is 5.91 Å². The molecule has 2 saturated carbocycles. The van der Waals surface area contributed by atoms with Crippen LogP contribution in [-0.2, 0) is 9.59 Å². The Labute approximate surface area is 123 Å². The number of carbonyl (C=O) groups excluding carboxylic acids is 1. The Bertz CT molecular complexity index is 610. The highest BCUT2D eigenvalue weighted by molar-refractivity contribution is 5.95. The van der Waals surface area contributed by atoms with Crippen LogP contribution in [0.2, 0.25) is 0 Å². The van der Waals surface area contributed by atoms with Gasteiger partial charge in [0.25, 0.3) is 0 Å². The van der Waals surface area contributed by atoms with E-state index in [1.54, 1.807) is 6.08 Å². The summed E-state index contributed by atoms with van der Waals surface area (Å²) in [5.74, 6) is 0.526. The van der Waals surface area contributed by atoms with Crippen molar-refractivity contribution in [1.29, 1.82) is 0 Å². The Hall–Kier alpha value is -2.10. The second-order valence-corrected chi connectivity index (χ2v) is 6.02. The average molecular weight is 285 g/mol. The van der Waals surface area contributed by atoms with E-state index in [9.17, 15) is 9.59 Å². The maximum Gasteiger partial charge on any atom is 0.328 e. The van der Waals surface area contributed by atoms with E-state index in [1.165, 1.54) is 19.3 Å². The molecule has 21 heavy (non-hydrogen) atoms. The summed E-state index contributed by atoms with van der Waals surface area (Å²) in [5.41, 5.74) is 2.53. The van der Waals surface area contributed by atoms with Crippen LogP contribution >= 0.6 is 0 Å². The highest BCUT2D eigenvalue weighted by atomic mass is 16.4. The SMILES string of the molecule is Cc1ccc(NC(=O)C2C3CCCC32)cc1/C=C/C(=O)O. The zero-order valence-corrected chi connectivity index (χ0v) is 12.0. The zero-order valence-electron chi connectivity index (χ0n) is 12.0. The van der Waals surface area contributed by atoms with Crippen LogP contribution in [0.3, 0.4) is 0 Å². The van der Waals surface area contributed by atoms with Crippen LogP contribution in [0.1, 0.15) is 30.4 Å². The molecule has 0 aliphatic heterocycles. The van der Waals surface area contributed by atoms with Crippen LogP contribution in [-0.4, -0.2) is 17.0 Å². The van der Waals surface area contributed by atoms with Gasteiger partial charge in [-0.2, -0.15) is 0 Å². The van der Waals surface area contributed by atoms with E-state index < -0.39 is 5.97 Å². The second kappa shape index (κ2) is 5.35. The number of carbonyl (C=O) groups is 2. The molecule has 2 fully saturated rings. The molecule has 2 N–H and O–H groups in total. The van der Waals surface area contributed by atoms with Gasteiger partial charge in [-0.15, -0.1) is 0 Å². The predicted octanol–water partition coefficient (Wildman–Crippen LogP) is 3.08. The van der Waals surface area contributed by atoms with Gasteiger partial charge >= 0.3 is 5.97 Å². The van der Waals surface area contributed by atoms with E-state index >= 15 is 0 Å². The summed E-state index contributed by atoms with van der Waals surface area (Å²) >= 11 is 0. The van der Waals surface area contributed by atoms with Gasteiger partial charge in [0.1, 0.15) is 0 Å². The molecule has 2 aliphatic rings. The zero-order chi connectivity index (χ0) is 15.0. The molecule has 4 nitrogen and oxygen atoms in total. The first-order valence-corrected chi connectivity index (χ1v) is 7.39. The molecule has 3 rings (SSSR count). The minimum atomic E-state index is -0.977. The van der Waals surface area contributed by atoms with Crippen molar-refractivity contribution >= 4 is 23.6 Å².